The minimum absolute atomic E-state index is 0.115. The quantitative estimate of drug-likeness (QED) is 0.379. The Morgan fingerprint density at radius 3 is 1.41 bits per heavy atom. The lowest BCUT2D eigenvalue weighted by molar-refractivity contribution is -0.0294. The van der Waals surface area contributed by atoms with Gasteiger partial charge in [0.25, 0.3) is 0 Å². The van der Waals surface area contributed by atoms with Crippen LogP contribution in [0, 0.1) is 17.8 Å². The minimum Gasteiger partial charge on any atom is -0.120 e. The van der Waals surface area contributed by atoms with Crippen molar-refractivity contribution >= 4 is 0 Å². The zero-order chi connectivity index (χ0) is 22.3. The standard InChI is InChI=1S/C32H34/c1-4-20-31-21-29(2,26-14-8-5-9-15-26)23-32(25-31,28-18-12-7-13-19-28)24-30(3,22-31)27-16-10-6-11-17-27/h1,5-19H,20-25H2,2-3H3. The highest BCUT2D eigenvalue weighted by Crippen LogP contribution is 2.67. The van der Waals surface area contributed by atoms with Crippen LogP contribution in [0.5, 0.6) is 0 Å². The summed E-state index contributed by atoms with van der Waals surface area (Å²) in [5, 5.41) is 0. The molecule has 2 atom stereocenters. The predicted molar refractivity (Wildman–Crippen MR) is 135 cm³/mol. The van der Waals surface area contributed by atoms with Gasteiger partial charge in [-0.2, -0.15) is 0 Å². The first-order chi connectivity index (χ1) is 15.4. The average Bonchev–Trinajstić information content (AvgIpc) is 2.80. The Morgan fingerprint density at radius 1 is 0.594 bits per heavy atom. The number of benzene rings is 3. The summed E-state index contributed by atoms with van der Waals surface area (Å²) in [4.78, 5) is 0. The normalized spacial score (nSPS) is 33.9. The average molecular weight is 419 g/mol. The summed E-state index contributed by atoms with van der Waals surface area (Å²) in [6.45, 7) is 4.99. The Hall–Kier alpha value is -2.78. The zero-order valence-electron chi connectivity index (χ0n) is 19.5. The molecule has 3 aromatic carbocycles. The van der Waals surface area contributed by atoms with Gasteiger partial charge in [-0.3, -0.25) is 0 Å². The molecule has 2 aliphatic rings. The molecule has 0 heterocycles. The van der Waals surface area contributed by atoms with E-state index in [-0.39, 0.29) is 21.7 Å². The van der Waals surface area contributed by atoms with Crippen LogP contribution in [-0.2, 0) is 16.2 Å². The third kappa shape index (κ3) is 3.49. The van der Waals surface area contributed by atoms with Crippen LogP contribution in [0.4, 0.5) is 0 Å². The molecule has 32 heavy (non-hydrogen) atoms. The van der Waals surface area contributed by atoms with Crippen molar-refractivity contribution in [1.29, 1.82) is 0 Å². The van der Waals surface area contributed by atoms with E-state index < -0.39 is 0 Å². The monoisotopic (exact) mass is 418 g/mol. The van der Waals surface area contributed by atoms with Crippen LogP contribution in [0.2, 0.25) is 0 Å². The maximum Gasteiger partial charge on any atom is 0.0144 e. The van der Waals surface area contributed by atoms with Crippen LogP contribution in [0.25, 0.3) is 0 Å². The summed E-state index contributed by atoms with van der Waals surface area (Å²) in [5.74, 6) is 3.13. The van der Waals surface area contributed by atoms with Gasteiger partial charge in [0.05, 0.1) is 0 Å². The van der Waals surface area contributed by atoms with E-state index in [2.05, 4.69) is 111 Å². The molecule has 0 saturated heterocycles. The molecule has 5 rings (SSSR count). The van der Waals surface area contributed by atoms with Crippen molar-refractivity contribution in [3.05, 3.63) is 108 Å². The van der Waals surface area contributed by atoms with Gasteiger partial charge in [0.2, 0.25) is 0 Å². The summed E-state index contributed by atoms with van der Waals surface area (Å²) in [6.07, 6.45) is 12.8. The Balaban J connectivity index is 1.71. The molecule has 162 valence electrons. The summed E-state index contributed by atoms with van der Waals surface area (Å²) in [5.41, 5.74) is 4.90. The second kappa shape index (κ2) is 7.67. The molecule has 2 saturated carbocycles. The van der Waals surface area contributed by atoms with E-state index in [0.29, 0.717) is 0 Å². The molecular formula is C32H34. The molecule has 0 amide bonds. The Kier molecular flexibility index (Phi) is 5.05. The largest absolute Gasteiger partial charge is 0.120 e. The first-order valence-electron chi connectivity index (χ1n) is 12.0. The third-order valence-corrected chi connectivity index (χ3v) is 8.51. The zero-order valence-corrected chi connectivity index (χ0v) is 19.5. The minimum atomic E-state index is 0.115. The SMILES string of the molecule is C#CCC12CC(C)(c3ccccc3)CC(c3ccccc3)(C1)CC(C)(c1ccccc1)C2. The van der Waals surface area contributed by atoms with Crippen LogP contribution < -0.4 is 0 Å². The second-order valence-corrected chi connectivity index (χ2v) is 11.3. The van der Waals surface area contributed by atoms with E-state index >= 15 is 0 Å². The molecule has 0 heteroatoms. The molecule has 3 aromatic rings. The van der Waals surface area contributed by atoms with Crippen LogP contribution in [0.15, 0.2) is 91.0 Å². The topological polar surface area (TPSA) is 0 Å². The van der Waals surface area contributed by atoms with Crippen LogP contribution in [0.1, 0.15) is 69.1 Å². The molecule has 2 unspecified atom stereocenters. The summed E-state index contributed by atoms with van der Waals surface area (Å²) >= 11 is 0. The summed E-state index contributed by atoms with van der Waals surface area (Å²) in [6, 6.07) is 33.7. The number of hydrogen-bond acceptors (Lipinski definition) is 0. The van der Waals surface area contributed by atoms with Gasteiger partial charge in [0.15, 0.2) is 0 Å². The van der Waals surface area contributed by atoms with Crippen molar-refractivity contribution < 1.29 is 0 Å². The van der Waals surface area contributed by atoms with E-state index in [1.54, 1.807) is 0 Å². The van der Waals surface area contributed by atoms with E-state index in [1.165, 1.54) is 36.0 Å². The van der Waals surface area contributed by atoms with Crippen LogP contribution in [0.3, 0.4) is 0 Å². The third-order valence-electron chi connectivity index (χ3n) is 8.51. The maximum atomic E-state index is 6.08. The first-order valence-corrected chi connectivity index (χ1v) is 12.0. The molecule has 0 nitrogen and oxygen atoms in total. The highest BCUT2D eigenvalue weighted by atomic mass is 14.6. The van der Waals surface area contributed by atoms with Gasteiger partial charge in [0.1, 0.15) is 0 Å². The fourth-order valence-electron chi connectivity index (χ4n) is 7.96. The van der Waals surface area contributed by atoms with Gasteiger partial charge in [-0.15, -0.1) is 12.3 Å². The highest BCUT2D eigenvalue weighted by molar-refractivity contribution is 5.39. The summed E-state index contributed by atoms with van der Waals surface area (Å²) < 4.78 is 0. The van der Waals surface area contributed by atoms with Crippen LogP contribution >= 0.6 is 0 Å². The lowest BCUT2D eigenvalue weighted by Crippen LogP contribution is -2.57. The molecule has 2 aliphatic carbocycles. The fourth-order valence-corrected chi connectivity index (χ4v) is 7.96. The van der Waals surface area contributed by atoms with Crippen molar-refractivity contribution in [3.63, 3.8) is 0 Å². The summed E-state index contributed by atoms with van der Waals surface area (Å²) in [7, 11) is 0. The lowest BCUT2D eigenvalue weighted by Gasteiger charge is -2.63. The van der Waals surface area contributed by atoms with E-state index in [4.69, 9.17) is 6.42 Å². The van der Waals surface area contributed by atoms with Crippen molar-refractivity contribution in [1.82, 2.24) is 0 Å². The van der Waals surface area contributed by atoms with E-state index in [9.17, 15) is 0 Å². The van der Waals surface area contributed by atoms with Gasteiger partial charge < -0.3 is 0 Å². The van der Waals surface area contributed by atoms with Crippen molar-refractivity contribution in [2.75, 3.05) is 0 Å². The maximum absolute atomic E-state index is 6.08. The molecule has 0 radical (unpaired) electrons. The number of terminal acetylenes is 1. The van der Waals surface area contributed by atoms with Gasteiger partial charge in [-0.05, 0) is 70.5 Å². The van der Waals surface area contributed by atoms with Crippen LogP contribution in [-0.4, -0.2) is 0 Å². The number of fused-ring (bicyclic) bond motifs is 2. The second-order valence-electron chi connectivity index (χ2n) is 11.3. The molecule has 0 aromatic heterocycles. The number of rotatable bonds is 4. The van der Waals surface area contributed by atoms with Crippen molar-refractivity contribution in [2.24, 2.45) is 5.41 Å². The molecule has 2 bridgehead atoms. The van der Waals surface area contributed by atoms with Gasteiger partial charge in [-0.25, -0.2) is 0 Å². The molecule has 2 fully saturated rings. The van der Waals surface area contributed by atoms with Gasteiger partial charge >= 0.3 is 0 Å². The van der Waals surface area contributed by atoms with E-state index in [0.717, 1.165) is 19.3 Å². The molecule has 0 spiro atoms. The van der Waals surface area contributed by atoms with Gasteiger partial charge in [0, 0.05) is 6.42 Å². The fraction of sp³-hybridized carbons (Fsp3) is 0.375. The Labute approximate surface area is 194 Å². The smallest absolute Gasteiger partial charge is 0.0144 e. The number of hydrogen-bond donors (Lipinski definition) is 0. The van der Waals surface area contributed by atoms with Crippen molar-refractivity contribution in [3.8, 4) is 12.3 Å². The molecular weight excluding hydrogens is 384 g/mol. The first kappa shape index (κ1) is 21.1. The van der Waals surface area contributed by atoms with E-state index in [1.807, 2.05) is 0 Å². The highest BCUT2D eigenvalue weighted by Gasteiger charge is 2.60. The predicted octanol–water partition coefficient (Wildman–Crippen LogP) is 7.83. The Bertz CT molecular complexity index is 1040. The molecule has 0 aliphatic heterocycles. The molecule has 0 N–H and O–H groups in total. The lowest BCUT2D eigenvalue weighted by atomic mass is 9.40. The van der Waals surface area contributed by atoms with Crippen molar-refractivity contribution in [2.45, 2.75) is 68.6 Å². The Morgan fingerprint density at radius 2 is 1.00 bits per heavy atom. The van der Waals surface area contributed by atoms with Gasteiger partial charge in [-0.1, -0.05) is 105 Å².